The predicted molar refractivity (Wildman–Crippen MR) is 95.6 cm³/mol. The van der Waals surface area contributed by atoms with Crippen LogP contribution in [0.2, 0.25) is 0 Å². The molecular weight excluding hydrogens is 336 g/mol. The molecule has 26 heavy (non-hydrogen) atoms. The molecule has 2 rings (SSSR count). The van der Waals surface area contributed by atoms with Crippen LogP contribution < -0.4 is 5.32 Å². The van der Waals surface area contributed by atoms with Gasteiger partial charge in [0.15, 0.2) is 5.78 Å². The summed E-state index contributed by atoms with van der Waals surface area (Å²) in [5.74, 6) is -0.773. The van der Waals surface area contributed by atoms with E-state index in [1.165, 1.54) is 14.0 Å². The first-order valence-corrected chi connectivity index (χ1v) is 8.60. The van der Waals surface area contributed by atoms with Crippen LogP contribution in [0, 0.1) is 6.92 Å². The fourth-order valence-corrected chi connectivity index (χ4v) is 3.19. The number of hydrogen-bond donors (Lipinski definition) is 1. The fourth-order valence-electron chi connectivity index (χ4n) is 3.19. The van der Waals surface area contributed by atoms with Crippen LogP contribution in [0.3, 0.4) is 0 Å². The quantitative estimate of drug-likeness (QED) is 0.609. The van der Waals surface area contributed by atoms with Gasteiger partial charge in [-0.1, -0.05) is 12.1 Å². The molecule has 1 saturated heterocycles. The highest BCUT2D eigenvalue weighted by atomic mass is 16.7. The minimum atomic E-state index is -1.05. The highest BCUT2D eigenvalue weighted by Gasteiger charge is 2.44. The molecule has 142 valence electrons. The monoisotopic (exact) mass is 362 g/mol. The molecule has 0 radical (unpaired) electrons. The lowest BCUT2D eigenvalue weighted by atomic mass is 9.87. The minimum absolute atomic E-state index is 0.0513. The lowest BCUT2D eigenvalue weighted by Gasteiger charge is -2.39. The van der Waals surface area contributed by atoms with E-state index in [4.69, 9.17) is 9.57 Å². The first-order chi connectivity index (χ1) is 12.3. The molecule has 1 aromatic rings. The van der Waals surface area contributed by atoms with E-state index in [0.717, 1.165) is 11.1 Å². The Bertz CT molecular complexity index is 693. The number of rotatable bonds is 6. The number of amides is 1. The van der Waals surface area contributed by atoms with Crippen molar-refractivity contribution in [1.29, 1.82) is 0 Å². The Morgan fingerprint density at radius 2 is 1.85 bits per heavy atom. The molecule has 1 aromatic carbocycles. The number of Topliss-reactive ketones (excluding diaryl/α,β-unsaturated/α-hetero) is 1. The summed E-state index contributed by atoms with van der Waals surface area (Å²) in [4.78, 5) is 41.7. The maximum Gasteiger partial charge on any atom is 0.331 e. The number of esters is 1. The summed E-state index contributed by atoms with van der Waals surface area (Å²) in [6, 6.07) is 5.30. The van der Waals surface area contributed by atoms with E-state index in [-0.39, 0.29) is 18.1 Å². The number of carbonyl (C=O) groups is 3. The molecule has 1 amide bonds. The van der Waals surface area contributed by atoms with Gasteiger partial charge in [0.05, 0.1) is 20.6 Å². The van der Waals surface area contributed by atoms with Crippen molar-refractivity contribution in [2.45, 2.75) is 38.6 Å². The Hall–Kier alpha value is -2.25. The molecule has 7 nitrogen and oxygen atoms in total. The first kappa shape index (κ1) is 20.1. The second-order valence-electron chi connectivity index (χ2n) is 6.61. The van der Waals surface area contributed by atoms with Crippen LogP contribution in [-0.4, -0.2) is 55.6 Å². The van der Waals surface area contributed by atoms with E-state index in [2.05, 4.69) is 5.32 Å². The van der Waals surface area contributed by atoms with Gasteiger partial charge in [0.2, 0.25) is 5.91 Å². The number of hydroxylamine groups is 2. The molecule has 0 atom stereocenters. The standard InChI is InChI=1S/C19H26N2O5/c1-13-5-6-15(14(2)22)11-16(13)12-17(23)20-19(18(24)25-3)7-9-21(26-4)10-8-19/h5-6,11H,7-10,12H2,1-4H3,(H,20,23). The Morgan fingerprint density at radius 1 is 1.19 bits per heavy atom. The topological polar surface area (TPSA) is 84.9 Å². The number of aryl methyl sites for hydroxylation is 1. The Kier molecular flexibility index (Phi) is 6.50. The Labute approximate surface area is 153 Å². The summed E-state index contributed by atoms with van der Waals surface area (Å²) in [5.41, 5.74) is 1.21. The van der Waals surface area contributed by atoms with Crippen molar-refractivity contribution < 1.29 is 24.0 Å². The van der Waals surface area contributed by atoms with Crippen LogP contribution in [0.4, 0.5) is 0 Å². The van der Waals surface area contributed by atoms with Gasteiger partial charge in [-0.15, -0.1) is 0 Å². The third kappa shape index (κ3) is 4.47. The van der Waals surface area contributed by atoms with E-state index in [9.17, 15) is 14.4 Å². The zero-order valence-electron chi connectivity index (χ0n) is 15.8. The smallest absolute Gasteiger partial charge is 0.331 e. The number of methoxy groups -OCH3 is 1. The van der Waals surface area contributed by atoms with Crippen LogP contribution in [-0.2, 0) is 25.6 Å². The van der Waals surface area contributed by atoms with Gasteiger partial charge < -0.3 is 14.9 Å². The Balaban J connectivity index is 2.14. The molecule has 7 heteroatoms. The SMILES string of the molecule is COC(=O)C1(NC(=O)Cc2cc(C(C)=O)ccc2C)CCN(OC)CC1. The van der Waals surface area contributed by atoms with Gasteiger partial charge in [-0.25, -0.2) is 4.79 Å². The number of piperidine rings is 1. The largest absolute Gasteiger partial charge is 0.467 e. The van der Waals surface area contributed by atoms with E-state index in [1.54, 1.807) is 24.3 Å². The summed E-state index contributed by atoms with van der Waals surface area (Å²) in [5, 5.41) is 4.62. The van der Waals surface area contributed by atoms with Crippen molar-refractivity contribution in [3.8, 4) is 0 Å². The average Bonchev–Trinajstić information content (AvgIpc) is 2.63. The van der Waals surface area contributed by atoms with Crippen molar-refractivity contribution in [2.24, 2.45) is 0 Å². The molecule has 0 spiro atoms. The predicted octanol–water partition coefficient (Wildman–Crippen LogP) is 1.43. The lowest BCUT2D eigenvalue weighted by molar-refractivity contribution is -0.171. The van der Waals surface area contributed by atoms with Crippen LogP contribution >= 0.6 is 0 Å². The molecule has 1 heterocycles. The molecule has 0 aliphatic carbocycles. The normalized spacial score (nSPS) is 16.8. The van der Waals surface area contributed by atoms with Crippen molar-refractivity contribution in [2.75, 3.05) is 27.3 Å². The van der Waals surface area contributed by atoms with Crippen LogP contribution in [0.1, 0.15) is 41.3 Å². The first-order valence-electron chi connectivity index (χ1n) is 8.60. The van der Waals surface area contributed by atoms with Crippen molar-refractivity contribution in [3.63, 3.8) is 0 Å². The summed E-state index contributed by atoms with van der Waals surface area (Å²) in [7, 11) is 2.90. The number of ether oxygens (including phenoxy) is 1. The highest BCUT2D eigenvalue weighted by molar-refractivity contribution is 5.95. The van der Waals surface area contributed by atoms with E-state index in [1.807, 2.05) is 13.0 Å². The Morgan fingerprint density at radius 3 is 2.38 bits per heavy atom. The van der Waals surface area contributed by atoms with Crippen LogP contribution in [0.5, 0.6) is 0 Å². The van der Waals surface area contributed by atoms with Crippen molar-refractivity contribution in [3.05, 3.63) is 34.9 Å². The van der Waals surface area contributed by atoms with Gasteiger partial charge in [0.1, 0.15) is 5.54 Å². The number of nitrogens with zero attached hydrogens (tertiary/aromatic N) is 1. The maximum atomic E-state index is 12.6. The number of ketones is 1. The van der Waals surface area contributed by atoms with Gasteiger partial charge in [-0.2, -0.15) is 5.06 Å². The van der Waals surface area contributed by atoms with Crippen LogP contribution in [0.25, 0.3) is 0 Å². The average molecular weight is 362 g/mol. The molecule has 0 bridgehead atoms. The lowest BCUT2D eigenvalue weighted by Crippen LogP contribution is -2.60. The molecule has 1 aliphatic heterocycles. The van der Waals surface area contributed by atoms with Crippen molar-refractivity contribution >= 4 is 17.7 Å². The molecule has 1 fully saturated rings. The third-order valence-corrected chi connectivity index (χ3v) is 4.90. The molecule has 1 aliphatic rings. The summed E-state index contributed by atoms with van der Waals surface area (Å²) < 4.78 is 4.93. The van der Waals surface area contributed by atoms with Gasteiger partial charge in [0, 0.05) is 18.7 Å². The minimum Gasteiger partial charge on any atom is -0.467 e. The molecule has 1 N–H and O–H groups in total. The third-order valence-electron chi connectivity index (χ3n) is 4.90. The molecular formula is C19H26N2O5. The summed E-state index contributed by atoms with van der Waals surface area (Å²) in [6.07, 6.45) is 0.914. The zero-order chi connectivity index (χ0) is 19.3. The summed E-state index contributed by atoms with van der Waals surface area (Å²) in [6.45, 7) is 4.42. The molecule has 0 unspecified atom stereocenters. The van der Waals surface area contributed by atoms with Gasteiger partial charge in [0.25, 0.3) is 0 Å². The van der Waals surface area contributed by atoms with E-state index < -0.39 is 11.5 Å². The highest BCUT2D eigenvalue weighted by Crippen LogP contribution is 2.24. The van der Waals surface area contributed by atoms with Gasteiger partial charge >= 0.3 is 5.97 Å². The van der Waals surface area contributed by atoms with Gasteiger partial charge in [-0.05, 0) is 43.9 Å². The second kappa shape index (κ2) is 8.42. The molecule has 0 saturated carbocycles. The number of nitrogens with one attached hydrogen (secondary N) is 1. The van der Waals surface area contributed by atoms with E-state index >= 15 is 0 Å². The number of carbonyl (C=O) groups excluding carboxylic acids is 3. The summed E-state index contributed by atoms with van der Waals surface area (Å²) >= 11 is 0. The van der Waals surface area contributed by atoms with Crippen LogP contribution in [0.15, 0.2) is 18.2 Å². The zero-order valence-corrected chi connectivity index (χ0v) is 15.8. The second-order valence-corrected chi connectivity index (χ2v) is 6.61. The fraction of sp³-hybridized carbons (Fsp3) is 0.526. The van der Waals surface area contributed by atoms with Gasteiger partial charge in [-0.3, -0.25) is 9.59 Å². The van der Waals surface area contributed by atoms with Crippen molar-refractivity contribution in [1.82, 2.24) is 10.4 Å². The number of benzene rings is 1. The maximum absolute atomic E-state index is 12.6. The number of hydrogen-bond acceptors (Lipinski definition) is 6. The molecule has 0 aromatic heterocycles. The van der Waals surface area contributed by atoms with E-state index in [0.29, 0.717) is 31.5 Å².